The van der Waals surface area contributed by atoms with Gasteiger partial charge in [-0.2, -0.15) is 0 Å². The minimum absolute atomic E-state index is 0.0532. The summed E-state index contributed by atoms with van der Waals surface area (Å²) in [5.41, 5.74) is 6.11. The summed E-state index contributed by atoms with van der Waals surface area (Å²) in [6.45, 7) is 8.08. The Kier molecular flexibility index (Phi) is 5.08. The van der Waals surface area contributed by atoms with E-state index >= 15 is 0 Å². The van der Waals surface area contributed by atoms with Crippen LogP contribution >= 0.6 is 0 Å². The van der Waals surface area contributed by atoms with Crippen LogP contribution in [0.1, 0.15) is 71.4 Å². The third kappa shape index (κ3) is 3.53. The molecule has 0 unspecified atom stereocenters. The second-order valence-electron chi connectivity index (χ2n) is 7.92. The molecule has 2 heteroatoms. The molecule has 0 bridgehead atoms. The molecular formula is C23H30O2. The zero-order chi connectivity index (χ0) is 18.1. The Labute approximate surface area is 151 Å². The predicted octanol–water partition coefficient (Wildman–Crippen LogP) is 6.04. The first-order chi connectivity index (χ1) is 11.9. The first-order valence-corrected chi connectivity index (χ1v) is 9.48. The van der Waals surface area contributed by atoms with Crippen molar-refractivity contribution in [1.82, 2.24) is 0 Å². The Balaban J connectivity index is 2.21. The molecule has 1 fully saturated rings. The Hall–Kier alpha value is -1.96. The maximum absolute atomic E-state index is 10.8. The monoisotopic (exact) mass is 338 g/mol. The highest BCUT2D eigenvalue weighted by molar-refractivity contribution is 5.53. The van der Waals surface area contributed by atoms with Gasteiger partial charge >= 0.3 is 0 Å². The standard InChI is InChI=1S/C23H30O2/c1-14-10-16(3)22(24)19(12-14)21(18-8-6-5-7-9-18)20-13-15(2)11-17(4)23(20)25/h10-13,18,21,24-25H,5-9H2,1-4H3. The van der Waals surface area contributed by atoms with Crippen LogP contribution in [-0.4, -0.2) is 10.2 Å². The lowest BCUT2D eigenvalue weighted by Gasteiger charge is -2.33. The van der Waals surface area contributed by atoms with Crippen molar-refractivity contribution in [3.63, 3.8) is 0 Å². The average Bonchev–Trinajstić information content (AvgIpc) is 2.57. The molecule has 0 heterocycles. The van der Waals surface area contributed by atoms with Crippen LogP contribution in [0, 0.1) is 33.6 Å². The van der Waals surface area contributed by atoms with Gasteiger partial charge in [0.25, 0.3) is 0 Å². The van der Waals surface area contributed by atoms with Gasteiger partial charge in [0.15, 0.2) is 0 Å². The molecule has 2 aromatic carbocycles. The van der Waals surface area contributed by atoms with Crippen molar-refractivity contribution in [2.24, 2.45) is 5.92 Å². The number of phenols is 2. The second kappa shape index (κ2) is 7.11. The summed E-state index contributed by atoms with van der Waals surface area (Å²) in [7, 11) is 0. The fraction of sp³-hybridized carbons (Fsp3) is 0.478. The maximum Gasteiger partial charge on any atom is 0.122 e. The van der Waals surface area contributed by atoms with Gasteiger partial charge in [0.05, 0.1) is 0 Å². The molecule has 2 nitrogen and oxygen atoms in total. The van der Waals surface area contributed by atoms with Gasteiger partial charge in [-0.05, 0) is 57.6 Å². The molecule has 0 aromatic heterocycles. The SMILES string of the molecule is Cc1cc(C)c(O)c(C(c2cc(C)cc(C)c2O)C2CCCCC2)c1. The van der Waals surface area contributed by atoms with Crippen LogP contribution in [-0.2, 0) is 0 Å². The zero-order valence-electron chi connectivity index (χ0n) is 15.9. The topological polar surface area (TPSA) is 40.5 Å². The number of hydrogen-bond acceptors (Lipinski definition) is 2. The van der Waals surface area contributed by atoms with Crippen LogP contribution in [0.25, 0.3) is 0 Å². The lowest BCUT2D eigenvalue weighted by molar-refractivity contribution is 0.316. The molecule has 0 aliphatic heterocycles. The van der Waals surface area contributed by atoms with E-state index in [4.69, 9.17) is 0 Å². The van der Waals surface area contributed by atoms with Crippen molar-refractivity contribution in [2.75, 3.05) is 0 Å². The zero-order valence-corrected chi connectivity index (χ0v) is 15.9. The summed E-state index contributed by atoms with van der Waals surface area (Å²) in [6, 6.07) is 8.27. The van der Waals surface area contributed by atoms with E-state index in [1.165, 1.54) is 19.3 Å². The van der Waals surface area contributed by atoms with Crippen LogP contribution in [0.4, 0.5) is 0 Å². The number of rotatable bonds is 3. The molecule has 0 atom stereocenters. The van der Waals surface area contributed by atoms with Gasteiger partial charge in [-0.1, -0.05) is 54.7 Å². The molecule has 25 heavy (non-hydrogen) atoms. The molecule has 0 amide bonds. The van der Waals surface area contributed by atoms with Crippen molar-refractivity contribution >= 4 is 0 Å². The number of aryl methyl sites for hydroxylation is 4. The third-order valence-electron chi connectivity index (χ3n) is 5.74. The summed E-state index contributed by atoms with van der Waals surface area (Å²) < 4.78 is 0. The summed E-state index contributed by atoms with van der Waals surface area (Å²) in [6.07, 6.45) is 6.07. The van der Waals surface area contributed by atoms with E-state index in [1.807, 2.05) is 26.0 Å². The Morgan fingerprint density at radius 2 is 1.16 bits per heavy atom. The molecule has 1 aliphatic rings. The number of phenolic OH excluding ortho intramolecular Hbond substituents is 2. The van der Waals surface area contributed by atoms with E-state index in [0.29, 0.717) is 17.4 Å². The van der Waals surface area contributed by atoms with Gasteiger partial charge in [0.1, 0.15) is 11.5 Å². The smallest absolute Gasteiger partial charge is 0.122 e. The van der Waals surface area contributed by atoms with Gasteiger partial charge in [0.2, 0.25) is 0 Å². The molecular weight excluding hydrogens is 308 g/mol. The fourth-order valence-electron chi connectivity index (χ4n) is 4.60. The number of hydrogen-bond donors (Lipinski definition) is 2. The van der Waals surface area contributed by atoms with E-state index < -0.39 is 0 Å². The predicted molar refractivity (Wildman–Crippen MR) is 104 cm³/mol. The highest BCUT2D eigenvalue weighted by Gasteiger charge is 2.31. The van der Waals surface area contributed by atoms with Gasteiger partial charge in [-0.3, -0.25) is 0 Å². The normalized spacial score (nSPS) is 15.7. The minimum atomic E-state index is 0.0532. The van der Waals surface area contributed by atoms with E-state index in [2.05, 4.69) is 26.0 Å². The molecule has 0 spiro atoms. The number of aromatic hydroxyl groups is 2. The lowest BCUT2D eigenvalue weighted by Crippen LogP contribution is -2.18. The van der Waals surface area contributed by atoms with Crippen molar-refractivity contribution < 1.29 is 10.2 Å². The molecule has 2 N–H and O–H groups in total. The summed E-state index contributed by atoms with van der Waals surface area (Å²) >= 11 is 0. The van der Waals surface area contributed by atoms with E-state index in [9.17, 15) is 10.2 Å². The molecule has 134 valence electrons. The first kappa shape index (κ1) is 17.8. The van der Waals surface area contributed by atoms with E-state index in [1.54, 1.807) is 0 Å². The van der Waals surface area contributed by atoms with Gasteiger partial charge in [-0.25, -0.2) is 0 Å². The van der Waals surface area contributed by atoms with Crippen molar-refractivity contribution in [2.45, 2.75) is 65.7 Å². The molecule has 3 rings (SSSR count). The first-order valence-electron chi connectivity index (χ1n) is 9.48. The van der Waals surface area contributed by atoms with Crippen LogP contribution in [0.5, 0.6) is 11.5 Å². The van der Waals surface area contributed by atoms with Crippen molar-refractivity contribution in [3.8, 4) is 11.5 Å². The highest BCUT2D eigenvalue weighted by atomic mass is 16.3. The highest BCUT2D eigenvalue weighted by Crippen LogP contribution is 2.47. The van der Waals surface area contributed by atoms with Crippen molar-refractivity contribution in [3.05, 3.63) is 57.6 Å². The average molecular weight is 338 g/mol. The second-order valence-corrected chi connectivity index (χ2v) is 7.92. The molecule has 2 aromatic rings. The minimum Gasteiger partial charge on any atom is -0.507 e. The lowest BCUT2D eigenvalue weighted by atomic mass is 9.72. The van der Waals surface area contributed by atoms with E-state index in [0.717, 1.165) is 46.2 Å². The summed E-state index contributed by atoms with van der Waals surface area (Å²) in [5, 5.41) is 21.7. The summed E-state index contributed by atoms with van der Waals surface area (Å²) in [4.78, 5) is 0. The van der Waals surface area contributed by atoms with E-state index in [-0.39, 0.29) is 5.92 Å². The molecule has 0 saturated heterocycles. The van der Waals surface area contributed by atoms with Crippen LogP contribution in [0.3, 0.4) is 0 Å². The Morgan fingerprint density at radius 3 is 1.60 bits per heavy atom. The molecule has 1 saturated carbocycles. The summed E-state index contributed by atoms with van der Waals surface area (Å²) in [5.74, 6) is 1.30. The Bertz CT molecular complexity index is 713. The van der Waals surface area contributed by atoms with Crippen LogP contribution in [0.15, 0.2) is 24.3 Å². The largest absolute Gasteiger partial charge is 0.507 e. The quantitative estimate of drug-likeness (QED) is 0.716. The van der Waals surface area contributed by atoms with Gasteiger partial charge < -0.3 is 10.2 Å². The van der Waals surface area contributed by atoms with Gasteiger partial charge in [-0.15, -0.1) is 0 Å². The van der Waals surface area contributed by atoms with Gasteiger partial charge in [0, 0.05) is 17.0 Å². The van der Waals surface area contributed by atoms with Crippen LogP contribution in [0.2, 0.25) is 0 Å². The fourth-order valence-corrected chi connectivity index (χ4v) is 4.60. The molecule has 1 aliphatic carbocycles. The number of benzene rings is 2. The maximum atomic E-state index is 10.8. The van der Waals surface area contributed by atoms with Crippen molar-refractivity contribution in [1.29, 1.82) is 0 Å². The van der Waals surface area contributed by atoms with Crippen LogP contribution < -0.4 is 0 Å². The Morgan fingerprint density at radius 1 is 0.720 bits per heavy atom. The molecule has 0 radical (unpaired) electrons. The third-order valence-corrected chi connectivity index (χ3v) is 5.74.